The fraction of sp³-hybridized carbons (Fsp3) is 0.417. The highest BCUT2D eigenvalue weighted by molar-refractivity contribution is 6.42. The third-order valence-electron chi connectivity index (χ3n) is 2.11. The molecule has 1 aromatic carbocycles. The van der Waals surface area contributed by atoms with Crippen LogP contribution in [0.1, 0.15) is 16.8 Å². The lowest BCUT2D eigenvalue weighted by Crippen LogP contribution is -2.10. The molecule has 0 radical (unpaired) electrons. The topological polar surface area (TPSA) is 35.5 Å². The number of halogens is 2. The first kappa shape index (κ1) is 14.5. The molecule has 0 aliphatic carbocycles. The van der Waals surface area contributed by atoms with Gasteiger partial charge in [0.1, 0.15) is 6.61 Å². The minimum Gasteiger partial charge on any atom is -0.385 e. The van der Waals surface area contributed by atoms with Crippen LogP contribution >= 0.6 is 23.2 Å². The van der Waals surface area contributed by atoms with E-state index >= 15 is 0 Å². The van der Waals surface area contributed by atoms with Crippen LogP contribution < -0.4 is 0 Å². The summed E-state index contributed by atoms with van der Waals surface area (Å²) in [5.41, 5.74) is 0.506. The molecule has 0 N–H and O–H groups in total. The van der Waals surface area contributed by atoms with E-state index in [2.05, 4.69) is 0 Å². The van der Waals surface area contributed by atoms with Gasteiger partial charge in [0.05, 0.1) is 10.0 Å². The summed E-state index contributed by atoms with van der Waals surface area (Å²) in [7, 11) is 1.63. The Morgan fingerprint density at radius 1 is 1.24 bits per heavy atom. The molecule has 1 rings (SSSR count). The Morgan fingerprint density at radius 3 is 2.65 bits per heavy atom. The van der Waals surface area contributed by atoms with Crippen molar-refractivity contribution < 1.29 is 14.3 Å². The van der Waals surface area contributed by atoms with Crippen LogP contribution in [0.5, 0.6) is 0 Å². The second-order valence-corrected chi connectivity index (χ2v) is 4.27. The predicted molar refractivity (Wildman–Crippen MR) is 68.1 cm³/mol. The highest BCUT2D eigenvalue weighted by atomic mass is 35.5. The number of carbonyl (C=O) groups is 1. The van der Waals surface area contributed by atoms with E-state index in [9.17, 15) is 4.79 Å². The molecule has 0 unspecified atom stereocenters. The van der Waals surface area contributed by atoms with E-state index in [1.807, 2.05) is 0 Å². The molecule has 0 spiro atoms. The number of Topliss-reactive ketones (excluding diaryl/α,β-unsaturated/α-hetero) is 1. The van der Waals surface area contributed by atoms with Crippen molar-refractivity contribution in [1.29, 1.82) is 0 Å². The first-order valence-electron chi connectivity index (χ1n) is 5.20. The molecule has 17 heavy (non-hydrogen) atoms. The van der Waals surface area contributed by atoms with E-state index in [0.717, 1.165) is 6.42 Å². The first-order chi connectivity index (χ1) is 8.15. The molecule has 0 aliphatic heterocycles. The number of benzene rings is 1. The van der Waals surface area contributed by atoms with E-state index in [0.29, 0.717) is 28.8 Å². The summed E-state index contributed by atoms with van der Waals surface area (Å²) in [5, 5.41) is 0.807. The Labute approximate surface area is 111 Å². The number of ketones is 1. The summed E-state index contributed by atoms with van der Waals surface area (Å²) < 4.78 is 10.1. The number of hydrogen-bond acceptors (Lipinski definition) is 3. The van der Waals surface area contributed by atoms with E-state index < -0.39 is 0 Å². The second kappa shape index (κ2) is 7.67. The lowest BCUT2D eigenvalue weighted by atomic mass is 10.1. The highest BCUT2D eigenvalue weighted by Crippen LogP contribution is 2.22. The zero-order valence-electron chi connectivity index (χ0n) is 9.54. The normalized spacial score (nSPS) is 10.5. The van der Waals surface area contributed by atoms with Crippen molar-refractivity contribution in [2.24, 2.45) is 0 Å². The standard InChI is InChI=1S/C12H14Cl2O3/c1-16-5-2-6-17-8-12(15)9-3-4-10(13)11(14)7-9/h3-4,7H,2,5-6,8H2,1H3. The number of rotatable bonds is 7. The molecule has 0 bridgehead atoms. The number of carbonyl (C=O) groups excluding carboxylic acids is 1. The van der Waals surface area contributed by atoms with Crippen LogP contribution in [-0.2, 0) is 9.47 Å². The molecule has 0 amide bonds. The number of ether oxygens (including phenoxy) is 2. The maximum absolute atomic E-state index is 11.7. The number of hydrogen-bond donors (Lipinski definition) is 0. The average Bonchev–Trinajstić information content (AvgIpc) is 2.32. The van der Waals surface area contributed by atoms with Gasteiger partial charge in [0.2, 0.25) is 0 Å². The molecule has 0 atom stereocenters. The van der Waals surface area contributed by atoms with Gasteiger partial charge in [-0.05, 0) is 24.6 Å². The molecule has 94 valence electrons. The molecule has 1 aromatic rings. The maximum atomic E-state index is 11.7. The Kier molecular flexibility index (Phi) is 6.52. The quantitative estimate of drug-likeness (QED) is 0.567. The fourth-order valence-electron chi connectivity index (χ4n) is 1.22. The summed E-state index contributed by atoms with van der Waals surface area (Å²) in [6, 6.07) is 4.78. The van der Waals surface area contributed by atoms with Crippen molar-refractivity contribution in [3.05, 3.63) is 33.8 Å². The van der Waals surface area contributed by atoms with Gasteiger partial charge >= 0.3 is 0 Å². The molecule has 5 heteroatoms. The zero-order valence-corrected chi connectivity index (χ0v) is 11.1. The summed E-state index contributed by atoms with van der Waals surface area (Å²) in [6.07, 6.45) is 0.769. The van der Waals surface area contributed by atoms with Gasteiger partial charge in [-0.25, -0.2) is 0 Å². The van der Waals surface area contributed by atoms with E-state index in [1.54, 1.807) is 25.3 Å². The SMILES string of the molecule is COCCCOCC(=O)c1ccc(Cl)c(Cl)c1. The third kappa shape index (κ3) is 5.04. The van der Waals surface area contributed by atoms with Crippen molar-refractivity contribution in [2.75, 3.05) is 26.9 Å². The summed E-state index contributed by atoms with van der Waals surface area (Å²) in [6.45, 7) is 1.17. The van der Waals surface area contributed by atoms with Crippen molar-refractivity contribution in [3.8, 4) is 0 Å². The molecule has 0 aliphatic rings. The largest absolute Gasteiger partial charge is 0.385 e. The van der Waals surface area contributed by atoms with Gasteiger partial charge in [-0.15, -0.1) is 0 Å². The first-order valence-corrected chi connectivity index (χ1v) is 5.95. The van der Waals surface area contributed by atoms with Crippen LogP contribution in [0.15, 0.2) is 18.2 Å². The molecule has 0 heterocycles. The molecule has 0 aromatic heterocycles. The van der Waals surface area contributed by atoms with Gasteiger partial charge < -0.3 is 9.47 Å². The van der Waals surface area contributed by atoms with Crippen molar-refractivity contribution in [2.45, 2.75) is 6.42 Å². The van der Waals surface area contributed by atoms with Gasteiger partial charge in [-0.2, -0.15) is 0 Å². The molecule has 0 saturated carbocycles. The average molecular weight is 277 g/mol. The van der Waals surface area contributed by atoms with E-state index in [4.69, 9.17) is 32.7 Å². The smallest absolute Gasteiger partial charge is 0.188 e. The maximum Gasteiger partial charge on any atom is 0.188 e. The Balaban J connectivity index is 2.39. The van der Waals surface area contributed by atoms with Crippen LogP contribution in [-0.4, -0.2) is 32.7 Å². The fourth-order valence-corrected chi connectivity index (χ4v) is 1.52. The Hall–Kier alpha value is -0.610. The summed E-state index contributed by atoms with van der Waals surface area (Å²) in [5.74, 6) is -0.110. The number of methoxy groups -OCH3 is 1. The van der Waals surface area contributed by atoms with Crippen LogP contribution in [0.3, 0.4) is 0 Å². The Morgan fingerprint density at radius 2 is 2.00 bits per heavy atom. The summed E-state index contributed by atoms with van der Waals surface area (Å²) >= 11 is 11.6. The zero-order chi connectivity index (χ0) is 12.7. The highest BCUT2D eigenvalue weighted by Gasteiger charge is 2.08. The van der Waals surface area contributed by atoms with Gasteiger partial charge in [0, 0.05) is 25.9 Å². The van der Waals surface area contributed by atoms with Crippen molar-refractivity contribution >= 4 is 29.0 Å². The van der Waals surface area contributed by atoms with Gasteiger partial charge in [-0.3, -0.25) is 4.79 Å². The van der Waals surface area contributed by atoms with Gasteiger partial charge in [-0.1, -0.05) is 23.2 Å². The minimum absolute atomic E-state index is 0.0433. The lowest BCUT2D eigenvalue weighted by molar-refractivity contribution is 0.0705. The minimum atomic E-state index is -0.110. The van der Waals surface area contributed by atoms with E-state index in [1.165, 1.54) is 0 Å². The van der Waals surface area contributed by atoms with E-state index in [-0.39, 0.29) is 12.4 Å². The van der Waals surface area contributed by atoms with Crippen molar-refractivity contribution in [3.63, 3.8) is 0 Å². The predicted octanol–water partition coefficient (Wildman–Crippen LogP) is 3.23. The summed E-state index contributed by atoms with van der Waals surface area (Å²) in [4.78, 5) is 11.7. The van der Waals surface area contributed by atoms with Gasteiger partial charge in [0.25, 0.3) is 0 Å². The molecule has 0 fully saturated rings. The lowest BCUT2D eigenvalue weighted by Gasteiger charge is -2.04. The molecular weight excluding hydrogens is 263 g/mol. The molecular formula is C12H14Cl2O3. The van der Waals surface area contributed by atoms with Crippen LogP contribution in [0.2, 0.25) is 10.0 Å². The second-order valence-electron chi connectivity index (χ2n) is 3.45. The Bertz CT molecular complexity index is 380. The van der Waals surface area contributed by atoms with Gasteiger partial charge in [0.15, 0.2) is 5.78 Å². The molecule has 3 nitrogen and oxygen atoms in total. The van der Waals surface area contributed by atoms with Crippen molar-refractivity contribution in [1.82, 2.24) is 0 Å². The van der Waals surface area contributed by atoms with Crippen LogP contribution in [0, 0.1) is 0 Å². The van der Waals surface area contributed by atoms with Crippen LogP contribution in [0.4, 0.5) is 0 Å². The molecule has 0 saturated heterocycles. The monoisotopic (exact) mass is 276 g/mol. The van der Waals surface area contributed by atoms with Crippen LogP contribution in [0.25, 0.3) is 0 Å². The third-order valence-corrected chi connectivity index (χ3v) is 2.85.